The molecule has 1 aromatic heterocycles. The summed E-state index contributed by atoms with van der Waals surface area (Å²) in [5.41, 5.74) is 1.72. The van der Waals surface area contributed by atoms with E-state index in [1.54, 1.807) is 4.68 Å². The van der Waals surface area contributed by atoms with Crippen LogP contribution in [0.3, 0.4) is 0 Å². The number of hydrogen-bond acceptors (Lipinski definition) is 5. The lowest BCUT2D eigenvalue weighted by Gasteiger charge is -2.15. The van der Waals surface area contributed by atoms with E-state index >= 15 is 0 Å². The van der Waals surface area contributed by atoms with E-state index < -0.39 is 9.84 Å². The first-order chi connectivity index (χ1) is 13.5. The molecule has 1 aliphatic rings. The molecular weight excluding hydrogens is 430 g/mol. The number of anilines is 1. The summed E-state index contributed by atoms with van der Waals surface area (Å²) in [4.78, 5) is 12.5. The lowest BCUT2D eigenvalue weighted by molar-refractivity contribution is -0.113. The van der Waals surface area contributed by atoms with Crippen molar-refractivity contribution in [2.24, 2.45) is 0 Å². The van der Waals surface area contributed by atoms with Crippen LogP contribution in [0.1, 0.15) is 44.5 Å². The number of thioether (sulfide) groups is 1. The fourth-order valence-corrected chi connectivity index (χ4v) is 5.73. The first-order valence-corrected chi connectivity index (χ1v) is 12.8. The Morgan fingerprint density at radius 3 is 2.59 bits per heavy atom. The molecule has 2 heterocycles. The second-order valence-corrected chi connectivity index (χ2v) is 12.0. The van der Waals surface area contributed by atoms with Gasteiger partial charge in [0.2, 0.25) is 5.91 Å². The number of benzene rings is 1. The maximum Gasteiger partial charge on any atom is 0.235 e. The molecule has 1 fully saturated rings. The van der Waals surface area contributed by atoms with Gasteiger partial charge in [-0.1, -0.05) is 44.5 Å². The highest BCUT2D eigenvalue weighted by Crippen LogP contribution is 2.31. The van der Waals surface area contributed by atoms with Crippen LogP contribution in [0, 0.1) is 0 Å². The molecule has 1 atom stereocenters. The number of nitrogens with zero attached hydrogens (tertiary/aromatic N) is 2. The number of carbonyl (C=O) groups is 1. The molecule has 1 saturated heterocycles. The average Bonchev–Trinajstić information content (AvgIpc) is 3.19. The van der Waals surface area contributed by atoms with Crippen molar-refractivity contribution in [3.8, 4) is 0 Å². The average molecular weight is 456 g/mol. The molecule has 9 heteroatoms. The number of nitrogens with one attached hydrogen (secondary N) is 1. The van der Waals surface area contributed by atoms with E-state index in [-0.39, 0.29) is 28.9 Å². The SMILES string of the molecule is CC(C)(C)c1cc(NC(=O)CSCc2ccc(Cl)cc2)n([C@H]2CCS(=O)(=O)C2)n1. The number of carbonyl (C=O) groups excluding carboxylic acids is 1. The van der Waals surface area contributed by atoms with Gasteiger partial charge in [0.1, 0.15) is 5.82 Å². The molecule has 6 nitrogen and oxygen atoms in total. The van der Waals surface area contributed by atoms with E-state index in [9.17, 15) is 13.2 Å². The summed E-state index contributed by atoms with van der Waals surface area (Å²) in [5.74, 6) is 1.65. The highest BCUT2D eigenvalue weighted by Gasteiger charge is 2.32. The van der Waals surface area contributed by atoms with Crippen LogP contribution in [-0.4, -0.2) is 41.4 Å². The molecule has 1 aromatic carbocycles. The van der Waals surface area contributed by atoms with E-state index in [2.05, 4.69) is 10.4 Å². The van der Waals surface area contributed by atoms with Crippen molar-refractivity contribution in [1.29, 1.82) is 0 Å². The van der Waals surface area contributed by atoms with Crippen molar-refractivity contribution in [2.45, 2.75) is 44.4 Å². The van der Waals surface area contributed by atoms with Crippen LogP contribution in [-0.2, 0) is 25.8 Å². The normalized spacial score (nSPS) is 18.7. The standard InChI is InChI=1S/C20H26ClN3O3S2/c1-20(2,3)17-10-18(24(23-17)16-8-9-29(26,27)13-16)22-19(25)12-28-11-14-4-6-15(21)7-5-14/h4-7,10,16H,8-9,11-13H2,1-3H3,(H,22,25)/t16-/m0/s1. The van der Waals surface area contributed by atoms with Crippen LogP contribution in [0.15, 0.2) is 30.3 Å². The van der Waals surface area contributed by atoms with Gasteiger partial charge in [-0.3, -0.25) is 4.79 Å². The third kappa shape index (κ3) is 5.99. The third-order valence-corrected chi connectivity index (χ3v) is 7.75. The van der Waals surface area contributed by atoms with E-state index in [1.165, 1.54) is 11.8 Å². The zero-order valence-electron chi connectivity index (χ0n) is 16.8. The fourth-order valence-electron chi connectivity index (χ4n) is 3.12. The van der Waals surface area contributed by atoms with Crippen LogP contribution >= 0.6 is 23.4 Å². The number of halogens is 1. The van der Waals surface area contributed by atoms with E-state index in [0.29, 0.717) is 28.8 Å². The smallest absolute Gasteiger partial charge is 0.235 e. The van der Waals surface area contributed by atoms with Crippen molar-refractivity contribution >= 4 is 44.9 Å². The quantitative estimate of drug-likeness (QED) is 0.710. The Balaban J connectivity index is 1.67. The molecule has 1 aliphatic heterocycles. The van der Waals surface area contributed by atoms with E-state index in [4.69, 9.17) is 11.6 Å². The summed E-state index contributed by atoms with van der Waals surface area (Å²) in [5, 5.41) is 8.25. The molecule has 0 unspecified atom stereocenters. The predicted octanol–water partition coefficient (Wildman–Crippen LogP) is 4.07. The van der Waals surface area contributed by atoms with Crippen molar-refractivity contribution in [1.82, 2.24) is 9.78 Å². The van der Waals surface area contributed by atoms with Gasteiger partial charge in [-0.25, -0.2) is 13.1 Å². The summed E-state index contributed by atoms with van der Waals surface area (Å²) < 4.78 is 25.5. The Morgan fingerprint density at radius 1 is 1.31 bits per heavy atom. The second kappa shape index (κ2) is 8.70. The van der Waals surface area contributed by atoms with Crippen LogP contribution in [0.25, 0.3) is 0 Å². The van der Waals surface area contributed by atoms with Gasteiger partial charge in [-0.2, -0.15) is 5.10 Å². The van der Waals surface area contributed by atoms with Crippen LogP contribution in [0.4, 0.5) is 5.82 Å². The van der Waals surface area contributed by atoms with Crippen molar-refractivity contribution < 1.29 is 13.2 Å². The molecule has 0 spiro atoms. The Kier molecular flexibility index (Phi) is 6.65. The Morgan fingerprint density at radius 2 is 2.00 bits per heavy atom. The van der Waals surface area contributed by atoms with Gasteiger partial charge in [0.25, 0.3) is 0 Å². The molecule has 0 radical (unpaired) electrons. The first-order valence-electron chi connectivity index (χ1n) is 9.46. The topological polar surface area (TPSA) is 81.1 Å². The summed E-state index contributed by atoms with van der Waals surface area (Å²) in [7, 11) is -3.05. The van der Waals surface area contributed by atoms with Crippen LogP contribution in [0.5, 0.6) is 0 Å². The third-order valence-electron chi connectivity index (χ3n) is 4.74. The molecule has 3 rings (SSSR count). The largest absolute Gasteiger partial charge is 0.310 e. The molecule has 29 heavy (non-hydrogen) atoms. The van der Waals surface area contributed by atoms with Gasteiger partial charge >= 0.3 is 0 Å². The lowest BCUT2D eigenvalue weighted by Crippen LogP contribution is -2.21. The second-order valence-electron chi connectivity index (χ2n) is 8.33. The minimum absolute atomic E-state index is 0.0620. The summed E-state index contributed by atoms with van der Waals surface area (Å²) in [6, 6.07) is 9.16. The van der Waals surface area contributed by atoms with Crippen molar-refractivity contribution in [2.75, 3.05) is 22.6 Å². The Hall–Kier alpha value is -1.51. The van der Waals surface area contributed by atoms with Crippen molar-refractivity contribution in [3.63, 3.8) is 0 Å². The molecule has 1 N–H and O–H groups in total. The molecule has 0 bridgehead atoms. The minimum Gasteiger partial charge on any atom is -0.310 e. The van der Waals surface area contributed by atoms with Gasteiger partial charge < -0.3 is 5.32 Å². The van der Waals surface area contributed by atoms with Gasteiger partial charge in [0, 0.05) is 22.3 Å². The molecule has 0 aliphatic carbocycles. The van der Waals surface area contributed by atoms with Gasteiger partial charge in [-0.05, 0) is 24.1 Å². The zero-order chi connectivity index (χ0) is 21.2. The first kappa shape index (κ1) is 22.2. The molecule has 158 valence electrons. The molecule has 2 aromatic rings. The summed E-state index contributed by atoms with van der Waals surface area (Å²) in [6.07, 6.45) is 0.516. The highest BCUT2D eigenvalue weighted by atomic mass is 35.5. The molecule has 0 saturated carbocycles. The Bertz CT molecular complexity index is 979. The van der Waals surface area contributed by atoms with Crippen LogP contribution < -0.4 is 5.32 Å². The summed E-state index contributed by atoms with van der Waals surface area (Å²) >= 11 is 7.40. The number of hydrogen-bond donors (Lipinski definition) is 1. The number of rotatable bonds is 6. The Labute approximate surface area is 181 Å². The molecule has 1 amide bonds. The minimum atomic E-state index is -3.05. The van der Waals surface area contributed by atoms with Gasteiger partial charge in [0.05, 0.1) is 29.0 Å². The maximum atomic E-state index is 12.5. The van der Waals surface area contributed by atoms with Crippen molar-refractivity contribution in [3.05, 3.63) is 46.6 Å². The highest BCUT2D eigenvalue weighted by molar-refractivity contribution is 7.99. The maximum absolute atomic E-state index is 12.5. The van der Waals surface area contributed by atoms with Gasteiger partial charge in [0.15, 0.2) is 9.84 Å². The number of aromatic nitrogens is 2. The van der Waals surface area contributed by atoms with E-state index in [0.717, 1.165) is 11.3 Å². The monoisotopic (exact) mass is 455 g/mol. The van der Waals surface area contributed by atoms with Crippen LogP contribution in [0.2, 0.25) is 5.02 Å². The zero-order valence-corrected chi connectivity index (χ0v) is 19.2. The van der Waals surface area contributed by atoms with Gasteiger partial charge in [-0.15, -0.1) is 11.8 Å². The van der Waals surface area contributed by atoms with E-state index in [1.807, 2.05) is 51.1 Å². The number of sulfone groups is 1. The fraction of sp³-hybridized carbons (Fsp3) is 0.500. The molecular formula is C20H26ClN3O3S2. The summed E-state index contributed by atoms with van der Waals surface area (Å²) in [6.45, 7) is 6.12. The predicted molar refractivity (Wildman–Crippen MR) is 119 cm³/mol. The number of amides is 1. The lowest BCUT2D eigenvalue weighted by atomic mass is 9.92.